The minimum absolute atomic E-state index is 0.0837. The van der Waals surface area contributed by atoms with E-state index in [4.69, 9.17) is 0 Å². The normalized spacial score (nSPS) is 25.6. The lowest BCUT2D eigenvalue weighted by Crippen LogP contribution is -2.42. The van der Waals surface area contributed by atoms with Crippen LogP contribution in [0, 0.1) is 11.3 Å². The Bertz CT molecular complexity index is 717. The van der Waals surface area contributed by atoms with E-state index in [1.54, 1.807) is 18.2 Å². The zero-order chi connectivity index (χ0) is 18.2. The van der Waals surface area contributed by atoms with Gasteiger partial charge in [-0.2, -0.15) is 13.2 Å². The van der Waals surface area contributed by atoms with Crippen LogP contribution in [0.5, 0.6) is 0 Å². The number of benzene rings is 1. The number of amides is 2. The topological polar surface area (TPSA) is 49.4 Å². The Balaban J connectivity index is 1.80. The monoisotopic (exact) mass is 352 g/mol. The van der Waals surface area contributed by atoms with Crippen LogP contribution in [0.15, 0.2) is 36.9 Å². The first kappa shape index (κ1) is 17.5. The summed E-state index contributed by atoms with van der Waals surface area (Å²) in [6.45, 7) is 3.18. The van der Waals surface area contributed by atoms with Crippen molar-refractivity contribution in [3.63, 3.8) is 0 Å². The van der Waals surface area contributed by atoms with Gasteiger partial charge in [-0.1, -0.05) is 19.1 Å². The molecule has 2 atom stereocenters. The van der Waals surface area contributed by atoms with Gasteiger partial charge in [-0.25, -0.2) is 0 Å². The number of nitrogens with one attached hydrogen (secondary N) is 1. The van der Waals surface area contributed by atoms with Gasteiger partial charge in [0.15, 0.2) is 0 Å². The minimum Gasteiger partial charge on any atom is -0.337 e. The summed E-state index contributed by atoms with van der Waals surface area (Å²) < 4.78 is 40.8. The Morgan fingerprint density at radius 3 is 2.76 bits per heavy atom. The molecule has 1 aliphatic heterocycles. The lowest BCUT2D eigenvalue weighted by atomic mass is 9.80. The van der Waals surface area contributed by atoms with E-state index in [1.165, 1.54) is 11.0 Å². The van der Waals surface area contributed by atoms with Gasteiger partial charge in [-0.15, -0.1) is 0 Å². The van der Waals surface area contributed by atoms with Gasteiger partial charge in [0.1, 0.15) is 0 Å². The number of likely N-dealkylation sites (tertiary alicyclic amines) is 1. The van der Waals surface area contributed by atoms with Crippen molar-refractivity contribution in [1.29, 1.82) is 0 Å². The van der Waals surface area contributed by atoms with E-state index in [-0.39, 0.29) is 25.1 Å². The number of rotatable bonds is 3. The molecule has 0 spiro atoms. The highest BCUT2D eigenvalue weighted by molar-refractivity contribution is 6.00. The Labute approximate surface area is 143 Å². The van der Waals surface area contributed by atoms with Gasteiger partial charge in [0.2, 0.25) is 5.91 Å². The number of halogens is 3. The van der Waals surface area contributed by atoms with Crippen LogP contribution in [0.2, 0.25) is 0 Å². The number of carbonyl (C=O) groups is 2. The smallest absolute Gasteiger partial charge is 0.337 e. The Morgan fingerprint density at radius 1 is 1.36 bits per heavy atom. The Kier molecular flexibility index (Phi) is 4.34. The van der Waals surface area contributed by atoms with Crippen molar-refractivity contribution < 1.29 is 22.8 Å². The highest BCUT2D eigenvalue weighted by Crippen LogP contribution is 2.57. The van der Waals surface area contributed by atoms with Crippen molar-refractivity contribution in [1.82, 2.24) is 4.90 Å². The van der Waals surface area contributed by atoms with Crippen LogP contribution in [0.25, 0.3) is 0 Å². The molecule has 1 aromatic carbocycles. The maximum atomic E-state index is 13.6. The summed E-state index contributed by atoms with van der Waals surface area (Å²) in [6, 6.07) is 6.20. The molecule has 1 aliphatic carbocycles. The molecule has 7 heteroatoms. The van der Waals surface area contributed by atoms with Crippen molar-refractivity contribution in [3.05, 3.63) is 42.5 Å². The standard InChI is InChI=1S/C18H19F3N2O2/c1-2-15(24)22-14-7-3-5-12(9-14)16(25)23-10-13-6-4-8-17(13,11-23)18(19,20)21/h2-3,5,7,9,13H,1,4,6,8,10-11H2,(H,22,24)/t13-,17-/m0/s1. The number of carbonyl (C=O) groups excluding carboxylic acids is 2. The second-order valence-corrected chi connectivity index (χ2v) is 6.70. The van der Waals surface area contributed by atoms with E-state index >= 15 is 0 Å². The van der Waals surface area contributed by atoms with Crippen LogP contribution >= 0.6 is 0 Å². The van der Waals surface area contributed by atoms with Gasteiger partial charge in [0.25, 0.3) is 5.91 Å². The molecule has 134 valence electrons. The van der Waals surface area contributed by atoms with Crippen molar-refractivity contribution >= 4 is 17.5 Å². The molecule has 1 aromatic rings. The predicted octanol–water partition coefficient (Wildman–Crippen LogP) is 3.62. The molecule has 1 saturated carbocycles. The molecule has 4 nitrogen and oxygen atoms in total. The van der Waals surface area contributed by atoms with E-state index in [0.29, 0.717) is 18.5 Å². The molecule has 2 amide bonds. The summed E-state index contributed by atoms with van der Waals surface area (Å²) in [5.74, 6) is -1.39. The third-order valence-corrected chi connectivity index (χ3v) is 5.28. The van der Waals surface area contributed by atoms with E-state index < -0.39 is 29.3 Å². The molecule has 0 unspecified atom stereocenters. The Hall–Kier alpha value is -2.31. The molecule has 0 aromatic heterocycles. The molecule has 2 aliphatic rings. The molecule has 25 heavy (non-hydrogen) atoms. The number of alkyl halides is 3. The Morgan fingerprint density at radius 2 is 2.12 bits per heavy atom. The van der Waals surface area contributed by atoms with Gasteiger partial charge in [-0.05, 0) is 43.0 Å². The van der Waals surface area contributed by atoms with E-state index in [2.05, 4.69) is 11.9 Å². The van der Waals surface area contributed by atoms with Gasteiger partial charge >= 0.3 is 6.18 Å². The van der Waals surface area contributed by atoms with Gasteiger partial charge < -0.3 is 10.2 Å². The molecule has 3 rings (SSSR count). The quantitative estimate of drug-likeness (QED) is 0.845. The fraction of sp³-hybridized carbons (Fsp3) is 0.444. The molecule has 1 N–H and O–H groups in total. The van der Waals surface area contributed by atoms with Crippen LogP contribution in [-0.2, 0) is 4.79 Å². The van der Waals surface area contributed by atoms with Crippen LogP contribution in [0.3, 0.4) is 0 Å². The summed E-state index contributed by atoms with van der Waals surface area (Å²) in [7, 11) is 0. The first-order valence-corrected chi connectivity index (χ1v) is 8.16. The maximum absolute atomic E-state index is 13.6. The van der Waals surface area contributed by atoms with E-state index in [1.807, 2.05) is 0 Å². The first-order chi connectivity index (χ1) is 11.8. The fourth-order valence-corrected chi connectivity index (χ4v) is 4.01. The van der Waals surface area contributed by atoms with Crippen LogP contribution in [-0.4, -0.2) is 36.0 Å². The molecular weight excluding hydrogens is 333 g/mol. The van der Waals surface area contributed by atoms with Crippen molar-refractivity contribution in [2.24, 2.45) is 11.3 Å². The SMILES string of the molecule is C=CC(=O)Nc1cccc(C(=O)N2C[C@@H]3CCC[C@]3(C(F)(F)F)C2)c1. The number of hydrogen-bond acceptors (Lipinski definition) is 2. The lowest BCUT2D eigenvalue weighted by molar-refractivity contribution is -0.226. The summed E-state index contributed by atoms with van der Waals surface area (Å²) in [5, 5.41) is 2.54. The zero-order valence-electron chi connectivity index (χ0n) is 13.6. The van der Waals surface area contributed by atoms with Crippen LogP contribution < -0.4 is 5.32 Å². The second-order valence-electron chi connectivity index (χ2n) is 6.70. The molecular formula is C18H19F3N2O2. The average molecular weight is 352 g/mol. The lowest BCUT2D eigenvalue weighted by Gasteiger charge is -2.31. The van der Waals surface area contributed by atoms with E-state index in [9.17, 15) is 22.8 Å². The number of nitrogens with zero attached hydrogens (tertiary/aromatic N) is 1. The molecule has 1 saturated heterocycles. The summed E-state index contributed by atoms with van der Waals surface area (Å²) in [5.41, 5.74) is -1.10. The number of hydrogen-bond donors (Lipinski definition) is 1. The summed E-state index contributed by atoms with van der Waals surface area (Å²) in [6.07, 6.45) is -2.07. The largest absolute Gasteiger partial charge is 0.396 e. The summed E-state index contributed by atoms with van der Waals surface area (Å²) >= 11 is 0. The zero-order valence-corrected chi connectivity index (χ0v) is 13.6. The molecule has 1 heterocycles. The average Bonchev–Trinajstić information content (AvgIpc) is 3.12. The van der Waals surface area contributed by atoms with Crippen molar-refractivity contribution in [2.45, 2.75) is 25.4 Å². The summed E-state index contributed by atoms with van der Waals surface area (Å²) in [4.78, 5) is 25.3. The highest BCUT2D eigenvalue weighted by atomic mass is 19.4. The third kappa shape index (κ3) is 3.03. The number of anilines is 1. The third-order valence-electron chi connectivity index (χ3n) is 5.28. The minimum atomic E-state index is -4.30. The van der Waals surface area contributed by atoms with Gasteiger partial charge in [0.05, 0.1) is 5.41 Å². The van der Waals surface area contributed by atoms with Crippen LogP contribution in [0.1, 0.15) is 29.6 Å². The van der Waals surface area contributed by atoms with Gasteiger partial charge in [-0.3, -0.25) is 9.59 Å². The van der Waals surface area contributed by atoms with Crippen molar-refractivity contribution in [3.8, 4) is 0 Å². The van der Waals surface area contributed by atoms with Crippen molar-refractivity contribution in [2.75, 3.05) is 18.4 Å². The van der Waals surface area contributed by atoms with E-state index in [0.717, 1.165) is 6.08 Å². The number of fused-ring (bicyclic) bond motifs is 1. The first-order valence-electron chi connectivity index (χ1n) is 8.16. The maximum Gasteiger partial charge on any atom is 0.396 e. The van der Waals surface area contributed by atoms with Crippen LogP contribution in [0.4, 0.5) is 18.9 Å². The molecule has 2 fully saturated rings. The fourth-order valence-electron chi connectivity index (χ4n) is 4.01. The highest BCUT2D eigenvalue weighted by Gasteiger charge is 2.65. The predicted molar refractivity (Wildman–Crippen MR) is 87.0 cm³/mol. The molecule has 0 bridgehead atoms. The van der Waals surface area contributed by atoms with Gasteiger partial charge in [0, 0.05) is 24.3 Å². The second kappa shape index (κ2) is 6.20. The molecule has 0 radical (unpaired) electrons.